The molecule has 5 N–H and O–H groups in total. The van der Waals surface area contributed by atoms with Gasteiger partial charge in [-0.3, -0.25) is 14.8 Å². The Kier molecular flexibility index (Phi) is 3.65. The molecule has 0 aliphatic heterocycles. The third kappa shape index (κ3) is 2.27. The highest BCUT2D eigenvalue weighted by Crippen LogP contribution is 2.41. The lowest BCUT2D eigenvalue weighted by Gasteiger charge is -2.31. The van der Waals surface area contributed by atoms with E-state index in [-0.39, 0.29) is 6.42 Å². The van der Waals surface area contributed by atoms with Crippen molar-refractivity contribution < 1.29 is 19.9 Å². The lowest BCUT2D eigenvalue weighted by molar-refractivity contribution is -0.143. The van der Waals surface area contributed by atoms with E-state index in [0.29, 0.717) is 12.8 Å². The molecular formula is C9H16N2O4. The Morgan fingerprint density at radius 3 is 2.33 bits per heavy atom. The topological polar surface area (TPSA) is 113 Å². The van der Waals surface area contributed by atoms with Crippen LogP contribution in [0.1, 0.15) is 32.1 Å². The first kappa shape index (κ1) is 11.9. The molecule has 86 valence electrons. The van der Waals surface area contributed by atoms with Gasteiger partial charge in [-0.2, -0.15) is 0 Å². The van der Waals surface area contributed by atoms with E-state index < -0.39 is 23.3 Å². The summed E-state index contributed by atoms with van der Waals surface area (Å²) in [5.41, 5.74) is 6.42. The second-order valence-electron chi connectivity index (χ2n) is 4.01. The van der Waals surface area contributed by atoms with Crippen LogP contribution in [0.5, 0.6) is 0 Å². The largest absolute Gasteiger partial charge is 0.481 e. The summed E-state index contributed by atoms with van der Waals surface area (Å²) in [6, 6.07) is -0.746. The highest BCUT2D eigenvalue weighted by molar-refractivity contribution is 5.83. The van der Waals surface area contributed by atoms with Gasteiger partial charge >= 0.3 is 5.97 Å². The Bertz CT molecular complexity index is 261. The maximum atomic E-state index is 11.5. The molecule has 1 saturated carbocycles. The molecule has 0 aromatic heterocycles. The van der Waals surface area contributed by atoms with E-state index in [0.717, 1.165) is 12.8 Å². The lowest BCUT2D eigenvalue weighted by Crippen LogP contribution is -2.51. The molecule has 1 amide bonds. The second kappa shape index (κ2) is 4.59. The fourth-order valence-electron chi connectivity index (χ4n) is 2.27. The van der Waals surface area contributed by atoms with E-state index in [1.807, 2.05) is 0 Å². The van der Waals surface area contributed by atoms with Gasteiger partial charge in [-0.15, -0.1) is 0 Å². The minimum absolute atomic E-state index is 0.257. The van der Waals surface area contributed by atoms with Crippen molar-refractivity contribution in [3.05, 3.63) is 0 Å². The lowest BCUT2D eigenvalue weighted by atomic mass is 9.77. The molecule has 0 radical (unpaired) electrons. The van der Waals surface area contributed by atoms with Gasteiger partial charge in [0.05, 0.1) is 11.8 Å². The summed E-state index contributed by atoms with van der Waals surface area (Å²) >= 11 is 0. The highest BCUT2D eigenvalue weighted by Gasteiger charge is 2.46. The number of carbonyl (C=O) groups excluding carboxylic acids is 1. The number of aliphatic carboxylic acids is 1. The maximum absolute atomic E-state index is 11.5. The van der Waals surface area contributed by atoms with Crippen molar-refractivity contribution in [2.45, 2.75) is 38.1 Å². The maximum Gasteiger partial charge on any atom is 0.304 e. The van der Waals surface area contributed by atoms with Gasteiger partial charge in [-0.05, 0) is 12.8 Å². The smallest absolute Gasteiger partial charge is 0.304 e. The first-order valence-electron chi connectivity index (χ1n) is 4.95. The number of nitrogens with two attached hydrogens (primary N) is 1. The van der Waals surface area contributed by atoms with Gasteiger partial charge in [-0.25, -0.2) is 5.48 Å². The first-order chi connectivity index (χ1) is 7.03. The molecule has 0 spiro atoms. The summed E-state index contributed by atoms with van der Waals surface area (Å²) < 4.78 is 0. The van der Waals surface area contributed by atoms with Gasteiger partial charge in [0, 0.05) is 6.04 Å². The molecule has 1 rings (SSSR count). The number of amides is 1. The van der Waals surface area contributed by atoms with E-state index in [9.17, 15) is 9.59 Å². The number of carboxylic acid groups (broad SMARTS) is 1. The van der Waals surface area contributed by atoms with Gasteiger partial charge in [-0.1, -0.05) is 12.8 Å². The van der Waals surface area contributed by atoms with Crippen LogP contribution in [0.15, 0.2) is 0 Å². The Morgan fingerprint density at radius 2 is 1.93 bits per heavy atom. The summed E-state index contributed by atoms with van der Waals surface area (Å²) in [5.74, 6) is -1.59. The van der Waals surface area contributed by atoms with E-state index in [1.54, 1.807) is 5.48 Å². The van der Waals surface area contributed by atoms with Gasteiger partial charge in [0.25, 0.3) is 5.91 Å². The van der Waals surface area contributed by atoms with Crippen LogP contribution < -0.4 is 11.2 Å². The predicted molar refractivity (Wildman–Crippen MR) is 51.1 cm³/mol. The zero-order chi connectivity index (χ0) is 11.5. The monoisotopic (exact) mass is 216 g/mol. The number of hydrogen-bond acceptors (Lipinski definition) is 4. The summed E-state index contributed by atoms with van der Waals surface area (Å²) in [6.45, 7) is 0. The van der Waals surface area contributed by atoms with Crippen LogP contribution in [0, 0.1) is 5.41 Å². The van der Waals surface area contributed by atoms with Crippen molar-refractivity contribution in [3.63, 3.8) is 0 Å². The van der Waals surface area contributed by atoms with Crippen molar-refractivity contribution in [2.24, 2.45) is 11.1 Å². The van der Waals surface area contributed by atoms with Gasteiger partial charge in [0.2, 0.25) is 0 Å². The minimum Gasteiger partial charge on any atom is -0.481 e. The van der Waals surface area contributed by atoms with Crippen LogP contribution in [-0.2, 0) is 9.59 Å². The quantitative estimate of drug-likeness (QED) is 0.385. The Labute approximate surface area is 87.4 Å². The molecule has 0 aromatic carbocycles. The molecule has 6 nitrogen and oxygen atoms in total. The molecule has 0 aromatic rings. The average molecular weight is 216 g/mol. The Morgan fingerprint density at radius 1 is 1.40 bits per heavy atom. The van der Waals surface area contributed by atoms with E-state index >= 15 is 0 Å². The SMILES string of the molecule is NC(CC(=O)O)C1(C(=O)NO)CCCC1. The molecule has 0 heterocycles. The number of hydroxylamine groups is 1. The Balaban J connectivity index is 2.80. The van der Waals surface area contributed by atoms with E-state index in [4.69, 9.17) is 16.0 Å². The summed E-state index contributed by atoms with van der Waals surface area (Å²) in [5, 5.41) is 17.3. The van der Waals surface area contributed by atoms with Crippen molar-refractivity contribution in [2.75, 3.05) is 0 Å². The molecular weight excluding hydrogens is 200 g/mol. The number of carboxylic acids is 1. The number of hydrogen-bond donors (Lipinski definition) is 4. The van der Waals surface area contributed by atoms with Crippen LogP contribution in [-0.4, -0.2) is 28.2 Å². The van der Waals surface area contributed by atoms with Crippen LogP contribution in [0.3, 0.4) is 0 Å². The van der Waals surface area contributed by atoms with E-state index in [2.05, 4.69) is 0 Å². The molecule has 0 bridgehead atoms. The minimum atomic E-state index is -1.03. The van der Waals surface area contributed by atoms with Crippen LogP contribution >= 0.6 is 0 Å². The number of nitrogens with one attached hydrogen (secondary N) is 1. The summed E-state index contributed by atoms with van der Waals surface area (Å²) in [4.78, 5) is 22.1. The van der Waals surface area contributed by atoms with Crippen molar-refractivity contribution >= 4 is 11.9 Å². The van der Waals surface area contributed by atoms with Gasteiger partial charge < -0.3 is 10.8 Å². The third-order valence-electron chi connectivity index (χ3n) is 3.15. The van der Waals surface area contributed by atoms with E-state index in [1.165, 1.54) is 0 Å². The van der Waals surface area contributed by atoms with Gasteiger partial charge in [0.1, 0.15) is 0 Å². The van der Waals surface area contributed by atoms with Crippen LogP contribution in [0.25, 0.3) is 0 Å². The van der Waals surface area contributed by atoms with Crippen molar-refractivity contribution in [1.29, 1.82) is 0 Å². The van der Waals surface area contributed by atoms with Crippen molar-refractivity contribution in [3.8, 4) is 0 Å². The van der Waals surface area contributed by atoms with Crippen LogP contribution in [0.4, 0.5) is 0 Å². The zero-order valence-corrected chi connectivity index (χ0v) is 8.40. The average Bonchev–Trinajstić information content (AvgIpc) is 2.65. The summed E-state index contributed by atoms with van der Waals surface area (Å²) in [6.07, 6.45) is 2.48. The molecule has 1 aliphatic rings. The molecule has 0 saturated heterocycles. The zero-order valence-electron chi connectivity index (χ0n) is 8.40. The number of carbonyl (C=O) groups is 2. The van der Waals surface area contributed by atoms with Gasteiger partial charge in [0.15, 0.2) is 0 Å². The number of rotatable bonds is 4. The summed E-state index contributed by atoms with van der Waals surface area (Å²) in [7, 11) is 0. The van der Waals surface area contributed by atoms with Crippen molar-refractivity contribution in [1.82, 2.24) is 5.48 Å². The predicted octanol–water partition coefficient (Wildman–Crippen LogP) is -0.146. The standard InChI is InChI=1S/C9H16N2O4/c10-6(5-7(12)13)9(8(14)11-15)3-1-2-4-9/h6,15H,1-5,10H2,(H,11,14)(H,12,13). The molecule has 1 unspecified atom stereocenters. The highest BCUT2D eigenvalue weighted by atomic mass is 16.5. The fourth-order valence-corrected chi connectivity index (χ4v) is 2.27. The fraction of sp³-hybridized carbons (Fsp3) is 0.778. The molecule has 15 heavy (non-hydrogen) atoms. The third-order valence-corrected chi connectivity index (χ3v) is 3.15. The first-order valence-corrected chi connectivity index (χ1v) is 4.95. The molecule has 1 atom stereocenters. The van der Waals surface area contributed by atoms with Crippen LogP contribution in [0.2, 0.25) is 0 Å². The molecule has 1 aliphatic carbocycles. The Hall–Kier alpha value is -1.14. The normalized spacial score (nSPS) is 20.9. The second-order valence-corrected chi connectivity index (χ2v) is 4.01. The molecule has 6 heteroatoms. The molecule has 1 fully saturated rings.